The number of aromatic nitrogens is 2. The van der Waals surface area contributed by atoms with Crippen LogP contribution in [0.25, 0.3) is 0 Å². The molecule has 1 saturated carbocycles. The van der Waals surface area contributed by atoms with Gasteiger partial charge in [-0.1, -0.05) is 11.6 Å². The third kappa shape index (κ3) is 3.39. The number of amides is 1. The molecule has 1 atom stereocenters. The van der Waals surface area contributed by atoms with E-state index >= 15 is 0 Å². The van der Waals surface area contributed by atoms with Gasteiger partial charge in [-0.05, 0) is 37.0 Å². The number of aliphatic hydroxyl groups excluding tert-OH is 1. The second-order valence-electron chi connectivity index (χ2n) is 6.13. The van der Waals surface area contributed by atoms with E-state index in [1.807, 2.05) is 13.2 Å². The van der Waals surface area contributed by atoms with Crippen molar-refractivity contribution in [1.82, 2.24) is 15.1 Å². The summed E-state index contributed by atoms with van der Waals surface area (Å²) in [4.78, 5) is 12.7. The Labute approximate surface area is 145 Å². The Kier molecular flexibility index (Phi) is 4.78. The number of aliphatic hydroxyl groups is 1. The van der Waals surface area contributed by atoms with Crippen LogP contribution in [0.1, 0.15) is 34.8 Å². The van der Waals surface area contributed by atoms with Crippen LogP contribution < -0.4 is 10.1 Å². The minimum atomic E-state index is -0.295. The van der Waals surface area contributed by atoms with Crippen molar-refractivity contribution in [3.63, 3.8) is 0 Å². The molecule has 7 heteroatoms. The summed E-state index contributed by atoms with van der Waals surface area (Å²) in [7, 11) is 3.34. The molecule has 2 aromatic rings. The number of halogens is 1. The highest BCUT2D eigenvalue weighted by Crippen LogP contribution is 2.38. The molecule has 1 aliphatic carbocycles. The average Bonchev–Trinajstić information content (AvgIpc) is 2.95. The molecule has 1 aromatic carbocycles. The molecule has 24 heavy (non-hydrogen) atoms. The Morgan fingerprint density at radius 1 is 1.50 bits per heavy atom. The van der Waals surface area contributed by atoms with E-state index in [1.165, 1.54) is 7.11 Å². The molecule has 6 nitrogen and oxygen atoms in total. The van der Waals surface area contributed by atoms with Crippen molar-refractivity contribution in [3.8, 4) is 5.75 Å². The number of rotatable bonds is 5. The van der Waals surface area contributed by atoms with E-state index in [9.17, 15) is 9.90 Å². The summed E-state index contributed by atoms with van der Waals surface area (Å²) in [6.07, 6.45) is 4.66. The lowest BCUT2D eigenvalue weighted by Crippen LogP contribution is -2.41. The van der Waals surface area contributed by atoms with Gasteiger partial charge in [-0.3, -0.25) is 9.48 Å². The van der Waals surface area contributed by atoms with E-state index in [0.29, 0.717) is 29.2 Å². The van der Waals surface area contributed by atoms with Crippen molar-refractivity contribution >= 4 is 17.5 Å². The number of nitrogens with one attached hydrogen (secondary N) is 1. The van der Waals surface area contributed by atoms with Gasteiger partial charge in [0.25, 0.3) is 5.91 Å². The standard InChI is InChI=1S/C17H20ClN3O3/c1-21-9-11(8-19-21)16(10-5-13(22)6-10)20-17(23)14-4-3-12(18)7-15(14)24-2/h3-4,7-10,13,16,22H,5-6H2,1-2H3,(H,20,23). The number of methoxy groups -OCH3 is 1. The predicted octanol–water partition coefficient (Wildman–Crippen LogP) is 2.32. The normalized spacial score (nSPS) is 21.0. The van der Waals surface area contributed by atoms with Crippen LogP contribution in [0.2, 0.25) is 5.02 Å². The first-order valence-corrected chi connectivity index (χ1v) is 8.16. The van der Waals surface area contributed by atoms with Crippen LogP contribution in [-0.2, 0) is 7.05 Å². The van der Waals surface area contributed by atoms with Gasteiger partial charge < -0.3 is 15.2 Å². The maximum Gasteiger partial charge on any atom is 0.255 e. The van der Waals surface area contributed by atoms with E-state index in [0.717, 1.165) is 5.56 Å². The van der Waals surface area contributed by atoms with Crippen molar-refractivity contribution in [2.24, 2.45) is 13.0 Å². The molecular formula is C17H20ClN3O3. The minimum absolute atomic E-state index is 0.187. The van der Waals surface area contributed by atoms with Gasteiger partial charge in [0.15, 0.2) is 0 Å². The number of nitrogens with zero attached hydrogens (tertiary/aromatic N) is 2. The molecule has 1 fully saturated rings. The number of aryl methyl sites for hydroxylation is 1. The summed E-state index contributed by atoms with van der Waals surface area (Å²) in [5.41, 5.74) is 1.35. The Morgan fingerprint density at radius 2 is 2.25 bits per heavy atom. The molecular weight excluding hydrogens is 330 g/mol. The lowest BCUT2D eigenvalue weighted by Gasteiger charge is -2.37. The van der Waals surface area contributed by atoms with Crippen molar-refractivity contribution in [3.05, 3.63) is 46.7 Å². The summed E-state index contributed by atoms with van der Waals surface area (Å²) in [6, 6.07) is 4.72. The van der Waals surface area contributed by atoms with Gasteiger partial charge in [-0.2, -0.15) is 5.10 Å². The highest BCUT2D eigenvalue weighted by atomic mass is 35.5. The second-order valence-corrected chi connectivity index (χ2v) is 6.56. The first kappa shape index (κ1) is 16.8. The molecule has 1 aliphatic rings. The number of carbonyl (C=O) groups is 1. The summed E-state index contributed by atoms with van der Waals surface area (Å²) in [5, 5.41) is 17.4. The number of hydrogen-bond donors (Lipinski definition) is 2. The molecule has 0 radical (unpaired) electrons. The molecule has 0 saturated heterocycles. The number of ether oxygens (including phenoxy) is 1. The quantitative estimate of drug-likeness (QED) is 0.868. The predicted molar refractivity (Wildman–Crippen MR) is 90.2 cm³/mol. The van der Waals surface area contributed by atoms with Crippen molar-refractivity contribution in [2.45, 2.75) is 25.0 Å². The summed E-state index contributed by atoms with van der Waals surface area (Å²) < 4.78 is 6.96. The van der Waals surface area contributed by atoms with Gasteiger partial charge in [-0.25, -0.2) is 0 Å². The number of hydrogen-bond acceptors (Lipinski definition) is 4. The average molecular weight is 350 g/mol. The summed E-state index contributed by atoms with van der Waals surface area (Å²) >= 11 is 5.95. The van der Waals surface area contributed by atoms with Crippen LogP contribution in [0.5, 0.6) is 5.75 Å². The van der Waals surface area contributed by atoms with Crippen molar-refractivity contribution in [1.29, 1.82) is 0 Å². The van der Waals surface area contributed by atoms with Crippen molar-refractivity contribution < 1.29 is 14.6 Å². The Morgan fingerprint density at radius 3 is 2.83 bits per heavy atom. The molecule has 1 amide bonds. The van der Waals surface area contributed by atoms with E-state index < -0.39 is 0 Å². The SMILES string of the molecule is COc1cc(Cl)ccc1C(=O)NC(c1cnn(C)c1)C1CC(O)C1. The van der Waals surface area contributed by atoms with Crippen LogP contribution in [0.3, 0.4) is 0 Å². The van der Waals surface area contributed by atoms with E-state index in [2.05, 4.69) is 10.4 Å². The van der Waals surface area contributed by atoms with Crippen LogP contribution in [0, 0.1) is 5.92 Å². The van der Waals surface area contributed by atoms with E-state index in [4.69, 9.17) is 16.3 Å². The van der Waals surface area contributed by atoms with Gasteiger partial charge in [0.1, 0.15) is 5.75 Å². The zero-order valence-corrected chi connectivity index (χ0v) is 14.3. The molecule has 0 aliphatic heterocycles. The third-order valence-electron chi connectivity index (χ3n) is 4.40. The van der Waals surface area contributed by atoms with Gasteiger partial charge in [0.05, 0.1) is 31.0 Å². The van der Waals surface area contributed by atoms with Gasteiger partial charge >= 0.3 is 0 Å². The van der Waals surface area contributed by atoms with Gasteiger partial charge in [0, 0.05) is 23.8 Å². The first-order chi connectivity index (χ1) is 11.5. The molecule has 3 rings (SSSR count). The molecule has 0 bridgehead atoms. The second kappa shape index (κ2) is 6.83. The number of carbonyl (C=O) groups excluding carboxylic acids is 1. The highest BCUT2D eigenvalue weighted by Gasteiger charge is 2.36. The van der Waals surface area contributed by atoms with E-state index in [-0.39, 0.29) is 24.0 Å². The maximum absolute atomic E-state index is 12.7. The zero-order chi connectivity index (χ0) is 17.3. The van der Waals surface area contributed by atoms with Gasteiger partial charge in [0.2, 0.25) is 0 Å². The zero-order valence-electron chi connectivity index (χ0n) is 13.6. The largest absolute Gasteiger partial charge is 0.496 e. The molecule has 128 valence electrons. The van der Waals surface area contributed by atoms with Crippen LogP contribution in [-0.4, -0.2) is 34.0 Å². The maximum atomic E-state index is 12.7. The lowest BCUT2D eigenvalue weighted by molar-refractivity contribution is 0.0235. The fourth-order valence-corrected chi connectivity index (χ4v) is 3.21. The van der Waals surface area contributed by atoms with Crippen LogP contribution in [0.15, 0.2) is 30.6 Å². The fraction of sp³-hybridized carbons (Fsp3) is 0.412. The van der Waals surface area contributed by atoms with E-state index in [1.54, 1.807) is 29.1 Å². The molecule has 1 aromatic heterocycles. The minimum Gasteiger partial charge on any atom is -0.496 e. The molecule has 1 heterocycles. The Bertz CT molecular complexity index is 740. The summed E-state index contributed by atoms with van der Waals surface area (Å²) in [5.74, 6) is 0.379. The first-order valence-electron chi connectivity index (χ1n) is 7.79. The molecule has 2 N–H and O–H groups in total. The van der Waals surface area contributed by atoms with Crippen LogP contribution >= 0.6 is 11.6 Å². The molecule has 0 spiro atoms. The van der Waals surface area contributed by atoms with Crippen molar-refractivity contribution in [2.75, 3.05) is 7.11 Å². The smallest absolute Gasteiger partial charge is 0.255 e. The highest BCUT2D eigenvalue weighted by molar-refractivity contribution is 6.30. The monoisotopic (exact) mass is 349 g/mol. The molecule has 1 unspecified atom stereocenters. The van der Waals surface area contributed by atoms with Gasteiger partial charge in [-0.15, -0.1) is 0 Å². The summed E-state index contributed by atoms with van der Waals surface area (Å²) in [6.45, 7) is 0. The third-order valence-corrected chi connectivity index (χ3v) is 4.63. The fourth-order valence-electron chi connectivity index (χ4n) is 3.05. The Hall–Kier alpha value is -2.05. The lowest BCUT2D eigenvalue weighted by atomic mass is 9.75. The topological polar surface area (TPSA) is 76.4 Å². The van der Waals surface area contributed by atoms with Crippen LogP contribution in [0.4, 0.5) is 0 Å². The Balaban J connectivity index is 1.83. The number of benzene rings is 1.